The minimum absolute atomic E-state index is 0.0572. The van der Waals surface area contributed by atoms with Gasteiger partial charge in [0, 0.05) is 5.70 Å². The van der Waals surface area contributed by atoms with Crippen molar-refractivity contribution in [2.24, 2.45) is 5.92 Å². The Morgan fingerprint density at radius 1 is 1.50 bits per heavy atom. The Kier molecular flexibility index (Phi) is 1.84. The molecule has 1 atom stereocenters. The van der Waals surface area contributed by atoms with Crippen LogP contribution < -0.4 is 5.32 Å². The van der Waals surface area contributed by atoms with Crippen molar-refractivity contribution in [2.45, 2.75) is 13.8 Å². The maximum atomic E-state index is 11.8. The third kappa shape index (κ3) is 1.19. The summed E-state index contributed by atoms with van der Waals surface area (Å²) < 4.78 is 0. The summed E-state index contributed by atoms with van der Waals surface area (Å²) in [6.07, 6.45) is 0. The van der Waals surface area contributed by atoms with Crippen molar-refractivity contribution in [3.63, 3.8) is 0 Å². The minimum Gasteiger partial charge on any atom is -0.342 e. The first-order chi connectivity index (χ1) is 6.59. The highest BCUT2D eigenvalue weighted by molar-refractivity contribution is 6.05. The van der Waals surface area contributed by atoms with Gasteiger partial charge < -0.3 is 5.32 Å². The number of carbonyl (C=O) groups excluding carboxylic acids is 1. The maximum absolute atomic E-state index is 11.8. The van der Waals surface area contributed by atoms with Gasteiger partial charge in [-0.05, 0) is 19.9 Å². The quantitative estimate of drug-likeness (QED) is 0.672. The van der Waals surface area contributed by atoms with Crippen molar-refractivity contribution in [1.82, 2.24) is 10.2 Å². The normalized spacial score (nSPS) is 20.3. The van der Waals surface area contributed by atoms with Crippen LogP contribution in [0.25, 0.3) is 0 Å². The summed E-state index contributed by atoms with van der Waals surface area (Å²) in [6.45, 7) is 7.41. The van der Waals surface area contributed by atoms with Gasteiger partial charge in [0.25, 0.3) is 0 Å². The van der Waals surface area contributed by atoms with Crippen LogP contribution in [-0.4, -0.2) is 16.0 Å². The summed E-state index contributed by atoms with van der Waals surface area (Å²) in [7, 11) is 0. The highest BCUT2D eigenvalue weighted by Crippen LogP contribution is 2.27. The van der Waals surface area contributed by atoms with E-state index < -0.39 is 0 Å². The van der Waals surface area contributed by atoms with Crippen LogP contribution in [0.2, 0.25) is 0 Å². The van der Waals surface area contributed by atoms with E-state index in [4.69, 9.17) is 0 Å². The fourth-order valence-corrected chi connectivity index (χ4v) is 1.42. The zero-order valence-electron chi connectivity index (χ0n) is 8.16. The summed E-state index contributed by atoms with van der Waals surface area (Å²) in [5, 5.41) is 10.8. The van der Waals surface area contributed by atoms with Crippen molar-refractivity contribution in [2.75, 3.05) is 5.32 Å². The third-order valence-electron chi connectivity index (χ3n) is 2.38. The molecular formula is C10H11N3O. The Morgan fingerprint density at radius 3 is 2.93 bits per heavy atom. The molecule has 14 heavy (non-hydrogen) atoms. The number of hydrogen-bond donors (Lipinski definition) is 1. The van der Waals surface area contributed by atoms with Crippen LogP contribution in [0.3, 0.4) is 0 Å². The van der Waals surface area contributed by atoms with Gasteiger partial charge in [-0.3, -0.25) is 4.79 Å². The van der Waals surface area contributed by atoms with Crippen LogP contribution in [0.4, 0.5) is 5.82 Å². The molecule has 1 aromatic heterocycles. The second-order valence-electron chi connectivity index (χ2n) is 3.48. The molecule has 72 valence electrons. The number of anilines is 1. The van der Waals surface area contributed by atoms with Gasteiger partial charge in [-0.1, -0.05) is 6.58 Å². The molecular weight excluding hydrogens is 178 g/mol. The van der Waals surface area contributed by atoms with E-state index in [1.165, 1.54) is 0 Å². The molecule has 4 nitrogen and oxygen atoms in total. The van der Waals surface area contributed by atoms with Crippen molar-refractivity contribution >= 4 is 11.6 Å². The van der Waals surface area contributed by atoms with Gasteiger partial charge in [0.15, 0.2) is 11.6 Å². The Hall–Kier alpha value is -1.71. The lowest BCUT2D eigenvalue weighted by Gasteiger charge is -2.22. The molecule has 0 spiro atoms. The van der Waals surface area contributed by atoms with Gasteiger partial charge in [0.1, 0.15) is 0 Å². The fourth-order valence-electron chi connectivity index (χ4n) is 1.42. The standard InChI is InChI=1S/C10H11N3O/c1-5-4-8-9(14)6(2)7(3)11-10(8)13-12-5/h4,6H,3H2,1-2H3,(H,11,13). The molecule has 0 aliphatic carbocycles. The Bertz CT molecular complexity index is 425. The van der Waals surface area contributed by atoms with E-state index in [1.807, 2.05) is 13.8 Å². The predicted molar refractivity (Wildman–Crippen MR) is 53.0 cm³/mol. The number of ketones is 1. The van der Waals surface area contributed by atoms with E-state index in [1.54, 1.807) is 6.07 Å². The van der Waals surface area contributed by atoms with E-state index in [-0.39, 0.29) is 11.7 Å². The van der Waals surface area contributed by atoms with Crippen molar-refractivity contribution < 1.29 is 4.79 Å². The predicted octanol–water partition coefficient (Wildman–Crippen LogP) is 1.54. The summed E-state index contributed by atoms with van der Waals surface area (Å²) in [6, 6.07) is 1.75. The van der Waals surface area contributed by atoms with E-state index >= 15 is 0 Å². The average molecular weight is 189 g/mol. The summed E-state index contributed by atoms with van der Waals surface area (Å²) in [5.41, 5.74) is 2.04. The number of carbonyl (C=O) groups is 1. The number of hydrogen-bond acceptors (Lipinski definition) is 4. The van der Waals surface area contributed by atoms with Crippen LogP contribution in [0.1, 0.15) is 23.0 Å². The molecule has 1 aliphatic rings. The number of fused-ring (bicyclic) bond motifs is 1. The highest BCUT2D eigenvalue weighted by Gasteiger charge is 2.27. The number of nitrogens with zero attached hydrogens (tertiary/aromatic N) is 2. The second-order valence-corrected chi connectivity index (χ2v) is 3.48. The van der Waals surface area contributed by atoms with E-state index in [9.17, 15) is 4.79 Å². The lowest BCUT2D eigenvalue weighted by molar-refractivity contribution is 0.0945. The van der Waals surface area contributed by atoms with Crippen molar-refractivity contribution in [1.29, 1.82) is 0 Å². The number of nitrogens with one attached hydrogen (secondary N) is 1. The number of aryl methyl sites for hydroxylation is 1. The average Bonchev–Trinajstić information content (AvgIpc) is 2.16. The maximum Gasteiger partial charge on any atom is 0.175 e. The summed E-state index contributed by atoms with van der Waals surface area (Å²) in [4.78, 5) is 11.8. The molecule has 1 aromatic rings. The minimum atomic E-state index is -0.189. The second kappa shape index (κ2) is 2.90. The van der Waals surface area contributed by atoms with Crippen molar-refractivity contribution in [3.8, 4) is 0 Å². The molecule has 1 N–H and O–H groups in total. The fraction of sp³-hybridized carbons (Fsp3) is 0.300. The zero-order valence-corrected chi connectivity index (χ0v) is 8.16. The molecule has 0 fully saturated rings. The van der Waals surface area contributed by atoms with E-state index in [0.29, 0.717) is 17.1 Å². The SMILES string of the molecule is C=C1Nc2nnc(C)cc2C(=O)C1C. The number of Topliss-reactive ketones (excluding diaryl/α,β-unsaturated/α-hetero) is 1. The van der Waals surface area contributed by atoms with Crippen molar-refractivity contribution in [3.05, 3.63) is 29.6 Å². The number of allylic oxidation sites excluding steroid dienone is 1. The molecule has 1 unspecified atom stereocenters. The van der Waals surface area contributed by atoms with Crippen LogP contribution in [0.15, 0.2) is 18.3 Å². The molecule has 0 saturated carbocycles. The molecule has 0 radical (unpaired) electrons. The first-order valence-electron chi connectivity index (χ1n) is 4.44. The molecule has 2 heterocycles. The molecule has 1 aliphatic heterocycles. The van der Waals surface area contributed by atoms with Gasteiger partial charge >= 0.3 is 0 Å². The van der Waals surface area contributed by atoms with Gasteiger partial charge in [0.05, 0.1) is 17.2 Å². The molecule has 0 amide bonds. The Morgan fingerprint density at radius 2 is 2.21 bits per heavy atom. The lowest BCUT2D eigenvalue weighted by Crippen LogP contribution is -2.26. The monoisotopic (exact) mass is 189 g/mol. The first kappa shape index (κ1) is 8.87. The van der Waals surface area contributed by atoms with Gasteiger partial charge in [-0.2, -0.15) is 5.10 Å². The third-order valence-corrected chi connectivity index (χ3v) is 2.38. The van der Waals surface area contributed by atoms with Gasteiger partial charge in [0.2, 0.25) is 0 Å². The van der Waals surface area contributed by atoms with Gasteiger partial charge in [-0.15, -0.1) is 5.10 Å². The summed E-state index contributed by atoms with van der Waals surface area (Å²) >= 11 is 0. The van der Waals surface area contributed by atoms with Crippen LogP contribution >= 0.6 is 0 Å². The molecule has 4 heteroatoms. The molecule has 0 bridgehead atoms. The smallest absolute Gasteiger partial charge is 0.175 e. The zero-order chi connectivity index (χ0) is 10.3. The molecule has 0 saturated heterocycles. The topological polar surface area (TPSA) is 54.9 Å². The highest BCUT2D eigenvalue weighted by atomic mass is 16.1. The Labute approximate surface area is 82.0 Å². The van der Waals surface area contributed by atoms with Crippen LogP contribution in [0.5, 0.6) is 0 Å². The molecule has 2 rings (SSSR count). The van der Waals surface area contributed by atoms with Gasteiger partial charge in [-0.25, -0.2) is 0 Å². The van der Waals surface area contributed by atoms with E-state index in [0.717, 1.165) is 5.69 Å². The summed E-state index contributed by atoms with van der Waals surface area (Å²) in [5.74, 6) is 0.386. The van der Waals surface area contributed by atoms with Crippen LogP contribution in [-0.2, 0) is 0 Å². The van der Waals surface area contributed by atoms with Crippen LogP contribution in [0, 0.1) is 12.8 Å². The Balaban J connectivity index is 2.57. The van der Waals surface area contributed by atoms with E-state index in [2.05, 4.69) is 22.1 Å². The number of aromatic nitrogens is 2. The largest absolute Gasteiger partial charge is 0.342 e. The first-order valence-corrected chi connectivity index (χ1v) is 4.44. The molecule has 0 aromatic carbocycles. The number of rotatable bonds is 0. The lowest BCUT2D eigenvalue weighted by atomic mass is 9.93.